The van der Waals surface area contributed by atoms with E-state index >= 15 is 0 Å². The van der Waals surface area contributed by atoms with Gasteiger partial charge in [0.2, 0.25) is 0 Å². The van der Waals surface area contributed by atoms with Gasteiger partial charge in [-0.2, -0.15) is 0 Å². The van der Waals surface area contributed by atoms with E-state index in [1.807, 2.05) is 6.07 Å². The Morgan fingerprint density at radius 3 is 2.75 bits per heavy atom. The Balaban J connectivity index is 1.65. The molecule has 5 heteroatoms. The van der Waals surface area contributed by atoms with E-state index in [2.05, 4.69) is 15.3 Å². The molecule has 2 fully saturated rings. The zero-order valence-corrected chi connectivity index (χ0v) is 12.5. The molecule has 20 heavy (non-hydrogen) atoms. The first kappa shape index (κ1) is 14.1. The average Bonchev–Trinajstić information content (AvgIpc) is 2.99. The zero-order valence-electron chi connectivity index (χ0n) is 11.8. The van der Waals surface area contributed by atoms with E-state index in [0.717, 1.165) is 37.6 Å². The minimum atomic E-state index is 0.307. The highest BCUT2D eigenvalue weighted by Crippen LogP contribution is 2.31. The van der Waals surface area contributed by atoms with Crippen LogP contribution in [0.4, 0.5) is 5.82 Å². The van der Waals surface area contributed by atoms with Crippen molar-refractivity contribution in [2.75, 3.05) is 18.5 Å². The van der Waals surface area contributed by atoms with Gasteiger partial charge in [0.05, 0.1) is 6.10 Å². The minimum absolute atomic E-state index is 0.307. The molecule has 1 saturated carbocycles. The molecule has 0 spiro atoms. The molecule has 3 rings (SSSR count). The maximum absolute atomic E-state index is 6.14. The lowest BCUT2D eigenvalue weighted by atomic mass is 9.89. The highest BCUT2D eigenvalue weighted by molar-refractivity contribution is 6.29. The van der Waals surface area contributed by atoms with Crippen molar-refractivity contribution in [2.45, 2.75) is 57.0 Å². The fraction of sp³-hybridized carbons (Fsp3) is 0.733. The molecule has 1 saturated heterocycles. The third kappa shape index (κ3) is 3.61. The van der Waals surface area contributed by atoms with Crippen molar-refractivity contribution in [3.8, 4) is 0 Å². The Labute approximate surface area is 125 Å². The van der Waals surface area contributed by atoms with Crippen LogP contribution < -0.4 is 5.32 Å². The number of hydrogen-bond acceptors (Lipinski definition) is 4. The average molecular weight is 296 g/mol. The van der Waals surface area contributed by atoms with Gasteiger partial charge >= 0.3 is 0 Å². The van der Waals surface area contributed by atoms with Crippen LogP contribution in [-0.4, -0.2) is 29.2 Å². The van der Waals surface area contributed by atoms with Crippen molar-refractivity contribution in [1.82, 2.24) is 9.97 Å². The second-order valence-electron chi connectivity index (χ2n) is 5.78. The maximum Gasteiger partial charge on any atom is 0.135 e. The second kappa shape index (κ2) is 6.72. The highest BCUT2D eigenvalue weighted by atomic mass is 35.5. The van der Waals surface area contributed by atoms with Gasteiger partial charge < -0.3 is 10.1 Å². The highest BCUT2D eigenvalue weighted by Gasteiger charge is 2.20. The minimum Gasteiger partial charge on any atom is -0.376 e. The van der Waals surface area contributed by atoms with E-state index in [1.54, 1.807) is 0 Å². The lowest BCUT2D eigenvalue weighted by molar-refractivity contribution is 0.120. The lowest BCUT2D eigenvalue weighted by Crippen LogP contribution is -2.19. The maximum atomic E-state index is 6.14. The van der Waals surface area contributed by atoms with Crippen molar-refractivity contribution >= 4 is 17.4 Å². The predicted molar refractivity (Wildman–Crippen MR) is 80.3 cm³/mol. The van der Waals surface area contributed by atoms with Gasteiger partial charge in [0.25, 0.3) is 0 Å². The SMILES string of the molecule is Clc1cc(NCC2CCCO2)nc(C2CCCCC2)n1. The number of hydrogen-bond donors (Lipinski definition) is 1. The van der Waals surface area contributed by atoms with Gasteiger partial charge in [-0.15, -0.1) is 0 Å². The van der Waals surface area contributed by atoms with Crippen LogP contribution in [0.5, 0.6) is 0 Å². The van der Waals surface area contributed by atoms with Crippen LogP contribution in [0.25, 0.3) is 0 Å². The summed E-state index contributed by atoms with van der Waals surface area (Å²) < 4.78 is 5.61. The molecule has 1 N–H and O–H groups in total. The number of aromatic nitrogens is 2. The Kier molecular flexibility index (Phi) is 4.73. The summed E-state index contributed by atoms with van der Waals surface area (Å²) in [5.74, 6) is 2.22. The summed E-state index contributed by atoms with van der Waals surface area (Å²) in [5.41, 5.74) is 0. The standard InChI is InChI=1S/C15H22ClN3O/c16-13-9-14(17-10-12-7-4-8-20-12)19-15(18-13)11-5-2-1-3-6-11/h9,11-12H,1-8,10H2,(H,17,18,19). The first-order chi connectivity index (χ1) is 9.81. The van der Waals surface area contributed by atoms with Crippen molar-refractivity contribution in [1.29, 1.82) is 0 Å². The Morgan fingerprint density at radius 2 is 2.00 bits per heavy atom. The summed E-state index contributed by atoms with van der Waals surface area (Å²) in [6, 6.07) is 1.81. The van der Waals surface area contributed by atoms with E-state index in [-0.39, 0.29) is 0 Å². The molecule has 1 aromatic heterocycles. The van der Waals surface area contributed by atoms with E-state index in [1.165, 1.54) is 32.1 Å². The van der Waals surface area contributed by atoms with Gasteiger partial charge in [-0.3, -0.25) is 0 Å². The molecular weight excluding hydrogens is 274 g/mol. The fourth-order valence-electron chi connectivity index (χ4n) is 3.09. The third-order valence-corrected chi connectivity index (χ3v) is 4.41. The lowest BCUT2D eigenvalue weighted by Gasteiger charge is -2.21. The smallest absolute Gasteiger partial charge is 0.135 e. The normalized spacial score (nSPS) is 23.9. The van der Waals surface area contributed by atoms with Crippen molar-refractivity contribution in [3.05, 3.63) is 17.0 Å². The van der Waals surface area contributed by atoms with E-state index in [4.69, 9.17) is 16.3 Å². The molecule has 0 radical (unpaired) electrons. The summed E-state index contributed by atoms with van der Waals surface area (Å²) in [4.78, 5) is 9.08. The number of anilines is 1. The van der Waals surface area contributed by atoms with E-state index < -0.39 is 0 Å². The van der Waals surface area contributed by atoms with Crippen molar-refractivity contribution in [3.63, 3.8) is 0 Å². The quantitative estimate of drug-likeness (QED) is 0.859. The largest absolute Gasteiger partial charge is 0.376 e. The summed E-state index contributed by atoms with van der Waals surface area (Å²) in [6.07, 6.45) is 8.85. The molecule has 2 heterocycles. The molecule has 1 unspecified atom stereocenters. The summed E-state index contributed by atoms with van der Waals surface area (Å²) in [5, 5.41) is 3.88. The fourth-order valence-corrected chi connectivity index (χ4v) is 3.28. The molecule has 1 aromatic rings. The molecule has 4 nitrogen and oxygen atoms in total. The Hall–Kier alpha value is -0.870. The van der Waals surface area contributed by atoms with Gasteiger partial charge in [0.15, 0.2) is 0 Å². The van der Waals surface area contributed by atoms with E-state index in [9.17, 15) is 0 Å². The van der Waals surface area contributed by atoms with Gasteiger partial charge in [0.1, 0.15) is 16.8 Å². The molecule has 0 bridgehead atoms. The van der Waals surface area contributed by atoms with Crippen LogP contribution in [0, 0.1) is 0 Å². The first-order valence-corrected chi connectivity index (χ1v) is 8.09. The number of nitrogens with zero attached hydrogens (tertiary/aromatic N) is 2. The van der Waals surface area contributed by atoms with Crippen molar-refractivity contribution in [2.24, 2.45) is 0 Å². The Bertz CT molecular complexity index is 443. The summed E-state index contributed by atoms with van der Waals surface area (Å²) in [6.45, 7) is 1.68. The van der Waals surface area contributed by atoms with E-state index in [0.29, 0.717) is 17.2 Å². The number of rotatable bonds is 4. The summed E-state index contributed by atoms with van der Waals surface area (Å²) >= 11 is 6.14. The predicted octanol–water partition coefficient (Wildman–Crippen LogP) is 3.77. The third-order valence-electron chi connectivity index (χ3n) is 4.22. The summed E-state index contributed by atoms with van der Waals surface area (Å²) in [7, 11) is 0. The van der Waals surface area contributed by atoms with Gasteiger partial charge in [-0.05, 0) is 25.7 Å². The van der Waals surface area contributed by atoms with Crippen LogP contribution in [0.3, 0.4) is 0 Å². The molecule has 0 amide bonds. The molecule has 1 aliphatic carbocycles. The zero-order chi connectivity index (χ0) is 13.8. The number of ether oxygens (including phenoxy) is 1. The van der Waals surface area contributed by atoms with Crippen LogP contribution in [0.15, 0.2) is 6.07 Å². The van der Waals surface area contributed by atoms with Crippen LogP contribution in [0.1, 0.15) is 56.7 Å². The molecular formula is C15H22ClN3O. The molecule has 1 atom stereocenters. The molecule has 110 valence electrons. The molecule has 2 aliphatic rings. The van der Waals surface area contributed by atoms with Gasteiger partial charge in [-0.1, -0.05) is 30.9 Å². The second-order valence-corrected chi connectivity index (χ2v) is 6.17. The van der Waals surface area contributed by atoms with Gasteiger partial charge in [-0.25, -0.2) is 9.97 Å². The van der Waals surface area contributed by atoms with Gasteiger partial charge in [0, 0.05) is 25.1 Å². The van der Waals surface area contributed by atoms with Crippen LogP contribution >= 0.6 is 11.6 Å². The monoisotopic (exact) mass is 295 g/mol. The number of nitrogens with one attached hydrogen (secondary N) is 1. The Morgan fingerprint density at radius 1 is 1.15 bits per heavy atom. The first-order valence-electron chi connectivity index (χ1n) is 7.71. The van der Waals surface area contributed by atoms with Crippen LogP contribution in [0.2, 0.25) is 5.15 Å². The topological polar surface area (TPSA) is 47.0 Å². The number of halogens is 1. The molecule has 1 aliphatic heterocycles. The van der Waals surface area contributed by atoms with Crippen LogP contribution in [-0.2, 0) is 4.74 Å². The molecule has 0 aromatic carbocycles. The van der Waals surface area contributed by atoms with Crippen molar-refractivity contribution < 1.29 is 4.74 Å².